The molecule has 1 fully saturated rings. The molecule has 4 heteroatoms. The quantitative estimate of drug-likeness (QED) is 0.780. The van der Waals surface area contributed by atoms with Crippen LogP contribution in [-0.4, -0.2) is 27.0 Å². The van der Waals surface area contributed by atoms with Crippen molar-refractivity contribution in [2.75, 3.05) is 27.0 Å². The maximum atomic E-state index is 5.56. The second-order valence-electron chi connectivity index (χ2n) is 3.87. The molecule has 0 bridgehead atoms. The molecule has 15 heavy (non-hydrogen) atoms. The van der Waals surface area contributed by atoms with Gasteiger partial charge in [-0.15, -0.1) is 0 Å². The number of nitrogens with one attached hydrogen (secondary N) is 1. The van der Waals surface area contributed by atoms with Crippen molar-refractivity contribution in [3.8, 4) is 11.5 Å². The third-order valence-electron chi connectivity index (χ3n) is 3.11. The second kappa shape index (κ2) is 3.12. The van der Waals surface area contributed by atoms with Crippen molar-refractivity contribution < 1.29 is 14.2 Å². The van der Waals surface area contributed by atoms with Crippen LogP contribution in [0.1, 0.15) is 5.56 Å². The molecule has 1 aromatic rings. The smallest absolute Gasteiger partial charge is 0.231 e. The van der Waals surface area contributed by atoms with E-state index in [0.717, 1.165) is 30.2 Å². The first-order valence-electron chi connectivity index (χ1n) is 5.00. The third kappa shape index (κ3) is 1.22. The molecule has 2 heterocycles. The van der Waals surface area contributed by atoms with Gasteiger partial charge in [0.05, 0.1) is 0 Å². The molecule has 2 aliphatic rings. The molecule has 1 aromatic carbocycles. The molecule has 0 unspecified atom stereocenters. The number of benzene rings is 1. The van der Waals surface area contributed by atoms with Gasteiger partial charge in [0.2, 0.25) is 6.79 Å². The van der Waals surface area contributed by atoms with Gasteiger partial charge in [-0.2, -0.15) is 0 Å². The van der Waals surface area contributed by atoms with Gasteiger partial charge in [0.1, 0.15) is 5.60 Å². The summed E-state index contributed by atoms with van der Waals surface area (Å²) in [6, 6.07) is 5.99. The van der Waals surface area contributed by atoms with E-state index >= 15 is 0 Å². The maximum absolute atomic E-state index is 5.56. The van der Waals surface area contributed by atoms with Gasteiger partial charge in [-0.25, -0.2) is 0 Å². The molecular formula is C11H13NO3. The average molecular weight is 207 g/mol. The monoisotopic (exact) mass is 207 g/mol. The van der Waals surface area contributed by atoms with Crippen molar-refractivity contribution in [3.63, 3.8) is 0 Å². The Morgan fingerprint density at radius 3 is 2.73 bits per heavy atom. The first kappa shape index (κ1) is 9.00. The first-order valence-corrected chi connectivity index (χ1v) is 5.00. The molecule has 0 aliphatic carbocycles. The lowest BCUT2D eigenvalue weighted by Crippen LogP contribution is -2.57. The molecule has 2 aliphatic heterocycles. The first-order chi connectivity index (χ1) is 7.34. The number of ether oxygens (including phenoxy) is 3. The highest BCUT2D eigenvalue weighted by Crippen LogP contribution is 2.38. The SMILES string of the molecule is COC1(c2ccc3c(c2)OCO3)CNC1. The fourth-order valence-electron chi connectivity index (χ4n) is 2.00. The molecule has 0 aromatic heterocycles. The van der Waals surface area contributed by atoms with E-state index in [1.165, 1.54) is 0 Å². The molecule has 0 amide bonds. The molecule has 1 N–H and O–H groups in total. The van der Waals surface area contributed by atoms with E-state index in [4.69, 9.17) is 14.2 Å². The average Bonchev–Trinajstić information content (AvgIpc) is 2.64. The summed E-state index contributed by atoms with van der Waals surface area (Å²) in [6.07, 6.45) is 0. The molecule has 0 atom stereocenters. The molecule has 0 saturated carbocycles. The Hall–Kier alpha value is -1.26. The largest absolute Gasteiger partial charge is 0.454 e. The van der Waals surface area contributed by atoms with Gasteiger partial charge in [-0.3, -0.25) is 0 Å². The van der Waals surface area contributed by atoms with Crippen LogP contribution in [0.5, 0.6) is 11.5 Å². The molecule has 0 radical (unpaired) electrons. The van der Waals surface area contributed by atoms with Gasteiger partial charge in [-0.05, 0) is 17.7 Å². The predicted molar refractivity (Wildman–Crippen MR) is 54.1 cm³/mol. The highest BCUT2D eigenvalue weighted by atomic mass is 16.7. The van der Waals surface area contributed by atoms with E-state index in [0.29, 0.717) is 6.79 Å². The Kier molecular flexibility index (Phi) is 1.87. The summed E-state index contributed by atoms with van der Waals surface area (Å²) in [4.78, 5) is 0. The van der Waals surface area contributed by atoms with Crippen LogP contribution in [0.4, 0.5) is 0 Å². The fraction of sp³-hybridized carbons (Fsp3) is 0.455. The Morgan fingerprint density at radius 1 is 1.27 bits per heavy atom. The zero-order valence-corrected chi connectivity index (χ0v) is 8.58. The van der Waals surface area contributed by atoms with E-state index in [1.807, 2.05) is 18.2 Å². The standard InChI is InChI=1S/C11H13NO3/c1-13-11(5-12-6-11)8-2-3-9-10(4-8)15-7-14-9/h2-4,12H,5-7H2,1H3. The molecule has 1 saturated heterocycles. The minimum absolute atomic E-state index is 0.180. The maximum Gasteiger partial charge on any atom is 0.231 e. The van der Waals surface area contributed by atoms with Gasteiger partial charge < -0.3 is 19.5 Å². The summed E-state index contributed by atoms with van der Waals surface area (Å²) in [5, 5.41) is 3.22. The summed E-state index contributed by atoms with van der Waals surface area (Å²) in [5.74, 6) is 1.63. The van der Waals surface area contributed by atoms with Crippen LogP contribution in [0.3, 0.4) is 0 Å². The third-order valence-corrected chi connectivity index (χ3v) is 3.11. The van der Waals surface area contributed by atoms with Gasteiger partial charge in [-0.1, -0.05) is 6.07 Å². The molecular weight excluding hydrogens is 194 g/mol. The van der Waals surface area contributed by atoms with Crippen LogP contribution < -0.4 is 14.8 Å². The Morgan fingerprint density at radius 2 is 2.07 bits per heavy atom. The zero-order valence-electron chi connectivity index (χ0n) is 8.58. The van der Waals surface area contributed by atoms with Gasteiger partial charge in [0, 0.05) is 20.2 Å². The number of hydrogen-bond acceptors (Lipinski definition) is 4. The lowest BCUT2D eigenvalue weighted by Gasteiger charge is -2.41. The summed E-state index contributed by atoms with van der Waals surface area (Å²) in [6.45, 7) is 2.02. The van der Waals surface area contributed by atoms with Crippen molar-refractivity contribution in [2.45, 2.75) is 5.60 Å². The van der Waals surface area contributed by atoms with E-state index in [9.17, 15) is 0 Å². The van der Waals surface area contributed by atoms with Gasteiger partial charge in [0.15, 0.2) is 11.5 Å². The van der Waals surface area contributed by atoms with E-state index < -0.39 is 0 Å². The van der Waals surface area contributed by atoms with E-state index in [2.05, 4.69) is 5.32 Å². The van der Waals surface area contributed by atoms with Crippen LogP contribution >= 0.6 is 0 Å². The number of fused-ring (bicyclic) bond motifs is 1. The van der Waals surface area contributed by atoms with Crippen LogP contribution in [0.2, 0.25) is 0 Å². The molecule has 3 rings (SSSR count). The van der Waals surface area contributed by atoms with Gasteiger partial charge in [0.25, 0.3) is 0 Å². The van der Waals surface area contributed by atoms with Crippen LogP contribution in [-0.2, 0) is 10.3 Å². The van der Waals surface area contributed by atoms with Crippen molar-refractivity contribution in [1.29, 1.82) is 0 Å². The van der Waals surface area contributed by atoms with Crippen molar-refractivity contribution in [1.82, 2.24) is 5.32 Å². The van der Waals surface area contributed by atoms with E-state index in [1.54, 1.807) is 7.11 Å². The Bertz CT molecular complexity index is 382. The molecule has 0 spiro atoms. The molecule has 80 valence electrons. The van der Waals surface area contributed by atoms with Crippen LogP contribution in [0.25, 0.3) is 0 Å². The topological polar surface area (TPSA) is 39.7 Å². The minimum atomic E-state index is -0.180. The lowest BCUT2D eigenvalue weighted by molar-refractivity contribution is -0.0566. The summed E-state index contributed by atoms with van der Waals surface area (Å²) in [5.41, 5.74) is 0.967. The highest BCUT2D eigenvalue weighted by molar-refractivity contribution is 5.46. The predicted octanol–water partition coefficient (Wildman–Crippen LogP) is 0.860. The number of hydrogen-bond donors (Lipinski definition) is 1. The highest BCUT2D eigenvalue weighted by Gasteiger charge is 2.39. The second-order valence-corrected chi connectivity index (χ2v) is 3.87. The Labute approximate surface area is 88.1 Å². The number of methoxy groups -OCH3 is 1. The summed E-state index contributed by atoms with van der Waals surface area (Å²) >= 11 is 0. The fourth-order valence-corrected chi connectivity index (χ4v) is 2.00. The van der Waals surface area contributed by atoms with Crippen molar-refractivity contribution in [3.05, 3.63) is 23.8 Å². The van der Waals surface area contributed by atoms with Crippen LogP contribution in [0, 0.1) is 0 Å². The van der Waals surface area contributed by atoms with Crippen molar-refractivity contribution >= 4 is 0 Å². The molecule has 4 nitrogen and oxygen atoms in total. The zero-order chi connectivity index (χ0) is 10.3. The van der Waals surface area contributed by atoms with Crippen molar-refractivity contribution in [2.24, 2.45) is 0 Å². The number of rotatable bonds is 2. The summed E-state index contributed by atoms with van der Waals surface area (Å²) < 4.78 is 16.2. The van der Waals surface area contributed by atoms with Crippen LogP contribution in [0.15, 0.2) is 18.2 Å². The minimum Gasteiger partial charge on any atom is -0.454 e. The van der Waals surface area contributed by atoms with Gasteiger partial charge >= 0.3 is 0 Å². The lowest BCUT2D eigenvalue weighted by atomic mass is 9.87. The summed E-state index contributed by atoms with van der Waals surface area (Å²) in [7, 11) is 1.74. The van der Waals surface area contributed by atoms with E-state index in [-0.39, 0.29) is 5.60 Å². The normalized spacial score (nSPS) is 21.1. The Balaban J connectivity index is 1.98.